The Morgan fingerprint density at radius 2 is 1.84 bits per heavy atom. The van der Waals surface area contributed by atoms with Gasteiger partial charge in [-0.1, -0.05) is 47.5 Å². The van der Waals surface area contributed by atoms with Crippen molar-refractivity contribution in [3.63, 3.8) is 0 Å². The molecular weight excluding hydrogens is 414 g/mol. The van der Waals surface area contributed by atoms with E-state index in [-0.39, 0.29) is 24.4 Å². The fourth-order valence-corrected chi connectivity index (χ4v) is 3.58. The van der Waals surface area contributed by atoms with Gasteiger partial charge in [0.15, 0.2) is 5.65 Å². The smallest absolute Gasteiger partial charge is 0.264 e. The fourth-order valence-electron chi connectivity index (χ4n) is 3.38. The van der Waals surface area contributed by atoms with Gasteiger partial charge in [-0.05, 0) is 37.6 Å². The summed E-state index contributed by atoms with van der Waals surface area (Å²) < 4.78 is 3.17. The van der Waals surface area contributed by atoms with Crippen molar-refractivity contribution in [1.82, 2.24) is 24.6 Å². The predicted molar refractivity (Wildman–Crippen MR) is 121 cm³/mol. The van der Waals surface area contributed by atoms with E-state index in [2.05, 4.69) is 15.4 Å². The van der Waals surface area contributed by atoms with Gasteiger partial charge in [0.25, 0.3) is 5.56 Å². The lowest BCUT2D eigenvalue weighted by molar-refractivity contribution is -0.121. The van der Waals surface area contributed by atoms with Crippen LogP contribution >= 0.6 is 11.6 Å². The zero-order valence-electron chi connectivity index (χ0n) is 17.3. The molecule has 0 aliphatic rings. The van der Waals surface area contributed by atoms with Crippen molar-refractivity contribution < 1.29 is 4.79 Å². The molecule has 158 valence electrons. The first-order valence-electron chi connectivity index (χ1n) is 9.96. The second kappa shape index (κ2) is 8.73. The number of carbonyl (C=O) groups excluding carboxylic acids is 1. The molecule has 0 saturated heterocycles. The van der Waals surface area contributed by atoms with E-state index in [9.17, 15) is 9.59 Å². The van der Waals surface area contributed by atoms with Gasteiger partial charge in [0.2, 0.25) is 5.91 Å². The Morgan fingerprint density at radius 3 is 2.58 bits per heavy atom. The molecule has 0 aliphatic carbocycles. The average molecular weight is 436 g/mol. The lowest BCUT2D eigenvalue weighted by Crippen LogP contribution is -2.29. The molecule has 0 unspecified atom stereocenters. The maximum absolute atomic E-state index is 13.0. The molecule has 0 radical (unpaired) electrons. The third kappa shape index (κ3) is 4.36. The molecule has 2 aromatic heterocycles. The number of aromatic nitrogens is 4. The zero-order chi connectivity index (χ0) is 22.0. The van der Waals surface area contributed by atoms with Crippen LogP contribution in [0.25, 0.3) is 16.7 Å². The Hall–Kier alpha value is -3.45. The van der Waals surface area contributed by atoms with Crippen LogP contribution in [-0.4, -0.2) is 25.2 Å². The van der Waals surface area contributed by atoms with Crippen LogP contribution in [0.2, 0.25) is 5.02 Å². The molecule has 4 aromatic rings. The third-order valence-electron chi connectivity index (χ3n) is 5.15. The average Bonchev–Trinajstić information content (AvgIpc) is 3.17. The highest BCUT2D eigenvalue weighted by atomic mass is 35.5. The van der Waals surface area contributed by atoms with Crippen LogP contribution in [0.3, 0.4) is 0 Å². The van der Waals surface area contributed by atoms with Crippen LogP contribution in [0.1, 0.15) is 23.4 Å². The van der Waals surface area contributed by atoms with Crippen LogP contribution in [-0.2, 0) is 17.9 Å². The van der Waals surface area contributed by atoms with Gasteiger partial charge in [0.1, 0.15) is 11.2 Å². The molecule has 31 heavy (non-hydrogen) atoms. The molecule has 0 saturated carbocycles. The van der Waals surface area contributed by atoms with Crippen LogP contribution in [0.5, 0.6) is 0 Å². The second-order valence-electron chi connectivity index (χ2n) is 7.36. The van der Waals surface area contributed by atoms with Crippen molar-refractivity contribution in [3.8, 4) is 5.69 Å². The zero-order valence-corrected chi connectivity index (χ0v) is 18.1. The summed E-state index contributed by atoms with van der Waals surface area (Å²) in [5.74, 6) is 0.368. The highest BCUT2D eigenvalue weighted by Crippen LogP contribution is 2.16. The monoisotopic (exact) mass is 435 g/mol. The molecule has 2 heterocycles. The third-order valence-corrected chi connectivity index (χ3v) is 5.52. The van der Waals surface area contributed by atoms with E-state index >= 15 is 0 Å². The summed E-state index contributed by atoms with van der Waals surface area (Å²) in [5.41, 5.74) is 3.12. The standard InChI is InChI=1S/C23H22ClN5O2/c1-15-7-9-18(10-8-15)29-22-19(14-26-29)23(31)28(16(2)27-22)12-11-21(30)25-13-17-5-3-4-6-20(17)24/h3-10,14H,11-13H2,1-2H3,(H,25,30). The Balaban J connectivity index is 1.51. The maximum Gasteiger partial charge on any atom is 0.264 e. The highest BCUT2D eigenvalue weighted by molar-refractivity contribution is 6.31. The molecule has 8 heteroatoms. The molecule has 7 nitrogen and oxygen atoms in total. The van der Waals surface area contributed by atoms with Crippen molar-refractivity contribution >= 4 is 28.5 Å². The van der Waals surface area contributed by atoms with E-state index < -0.39 is 0 Å². The van der Waals surface area contributed by atoms with Crippen molar-refractivity contribution in [3.05, 3.63) is 87.1 Å². The van der Waals surface area contributed by atoms with Gasteiger partial charge >= 0.3 is 0 Å². The van der Waals surface area contributed by atoms with E-state index in [0.29, 0.717) is 28.4 Å². The Labute approximate surface area is 184 Å². The molecule has 0 bridgehead atoms. The number of benzene rings is 2. The van der Waals surface area contributed by atoms with Gasteiger partial charge in [0, 0.05) is 24.5 Å². The highest BCUT2D eigenvalue weighted by Gasteiger charge is 2.15. The summed E-state index contributed by atoms with van der Waals surface area (Å²) in [7, 11) is 0. The summed E-state index contributed by atoms with van der Waals surface area (Å²) in [4.78, 5) is 29.9. The minimum Gasteiger partial charge on any atom is -0.352 e. The molecule has 0 aliphatic heterocycles. The van der Waals surface area contributed by atoms with Gasteiger partial charge < -0.3 is 5.32 Å². The van der Waals surface area contributed by atoms with Crippen molar-refractivity contribution in [2.45, 2.75) is 33.4 Å². The van der Waals surface area contributed by atoms with Crippen LogP contribution in [0.15, 0.2) is 59.5 Å². The van der Waals surface area contributed by atoms with E-state index in [1.54, 1.807) is 17.7 Å². The molecule has 1 N–H and O–H groups in total. The topological polar surface area (TPSA) is 81.8 Å². The summed E-state index contributed by atoms with van der Waals surface area (Å²) in [6.07, 6.45) is 1.68. The van der Waals surface area contributed by atoms with Crippen LogP contribution in [0.4, 0.5) is 0 Å². The number of hydrogen-bond acceptors (Lipinski definition) is 4. The summed E-state index contributed by atoms with van der Waals surface area (Å²) in [5, 5.41) is 8.22. The number of halogens is 1. The van der Waals surface area contributed by atoms with Gasteiger partial charge in [-0.2, -0.15) is 5.10 Å². The van der Waals surface area contributed by atoms with E-state index in [4.69, 9.17) is 11.6 Å². The number of fused-ring (bicyclic) bond motifs is 1. The normalized spacial score (nSPS) is 11.1. The first kappa shape index (κ1) is 20.8. The largest absolute Gasteiger partial charge is 0.352 e. The van der Waals surface area contributed by atoms with Crippen LogP contribution in [0, 0.1) is 13.8 Å². The SMILES string of the molecule is Cc1ccc(-n2ncc3c(=O)n(CCC(=O)NCc4ccccc4Cl)c(C)nc32)cc1. The lowest BCUT2D eigenvalue weighted by Gasteiger charge is -2.11. The molecule has 0 atom stereocenters. The Kier molecular flexibility index (Phi) is 5.86. The van der Waals surface area contributed by atoms with Crippen molar-refractivity contribution in [2.75, 3.05) is 0 Å². The van der Waals surface area contributed by atoms with E-state index in [0.717, 1.165) is 16.8 Å². The number of amides is 1. The second-order valence-corrected chi connectivity index (χ2v) is 7.77. The summed E-state index contributed by atoms with van der Waals surface area (Å²) in [6, 6.07) is 15.2. The predicted octanol–water partition coefficient (Wildman–Crippen LogP) is 3.56. The maximum atomic E-state index is 13.0. The van der Waals surface area contributed by atoms with Crippen LogP contribution < -0.4 is 10.9 Å². The first-order valence-corrected chi connectivity index (χ1v) is 10.3. The van der Waals surface area contributed by atoms with Gasteiger partial charge in [0.05, 0.1) is 11.9 Å². The summed E-state index contributed by atoms with van der Waals surface area (Å²) >= 11 is 6.12. The lowest BCUT2D eigenvalue weighted by atomic mass is 10.2. The first-order chi connectivity index (χ1) is 14.9. The number of aryl methyl sites for hydroxylation is 2. The Bertz CT molecular complexity index is 1310. The minimum absolute atomic E-state index is 0.157. The molecule has 2 aromatic carbocycles. The minimum atomic E-state index is -0.209. The quantitative estimate of drug-likeness (QED) is 0.502. The molecular formula is C23H22ClN5O2. The Morgan fingerprint density at radius 1 is 1.10 bits per heavy atom. The van der Waals surface area contributed by atoms with E-state index in [1.165, 1.54) is 10.8 Å². The number of nitrogens with zero attached hydrogens (tertiary/aromatic N) is 4. The van der Waals surface area contributed by atoms with Gasteiger partial charge in [-0.3, -0.25) is 14.2 Å². The van der Waals surface area contributed by atoms with Gasteiger partial charge in [-0.15, -0.1) is 0 Å². The summed E-state index contributed by atoms with van der Waals surface area (Å²) in [6.45, 7) is 4.34. The molecule has 0 spiro atoms. The number of nitrogens with one attached hydrogen (secondary N) is 1. The molecule has 0 fully saturated rings. The number of hydrogen-bond donors (Lipinski definition) is 1. The van der Waals surface area contributed by atoms with Crippen molar-refractivity contribution in [2.24, 2.45) is 0 Å². The number of rotatable bonds is 6. The molecule has 4 rings (SSSR count). The fraction of sp³-hybridized carbons (Fsp3) is 0.217. The number of carbonyl (C=O) groups is 1. The molecule has 1 amide bonds. The van der Waals surface area contributed by atoms with Crippen molar-refractivity contribution in [1.29, 1.82) is 0 Å². The van der Waals surface area contributed by atoms with Gasteiger partial charge in [-0.25, -0.2) is 9.67 Å². The van der Waals surface area contributed by atoms with E-state index in [1.807, 2.05) is 49.4 Å².